The van der Waals surface area contributed by atoms with E-state index in [2.05, 4.69) is 4.98 Å². The molecule has 3 rings (SSSR count). The van der Waals surface area contributed by atoms with E-state index in [1.54, 1.807) is 6.07 Å². The maximum absolute atomic E-state index is 14.0. The Kier molecular flexibility index (Phi) is 4.18. The predicted molar refractivity (Wildman–Crippen MR) is 88.5 cm³/mol. The summed E-state index contributed by atoms with van der Waals surface area (Å²) in [6.45, 7) is 0.426. The van der Waals surface area contributed by atoms with Gasteiger partial charge in [-0.2, -0.15) is 0 Å². The first-order valence-corrected chi connectivity index (χ1v) is 7.36. The molecule has 0 radical (unpaired) electrons. The summed E-state index contributed by atoms with van der Waals surface area (Å²) in [4.78, 5) is 17.8. The molecule has 2 N–H and O–H groups in total. The molecule has 1 aromatic heterocycles. The number of imidazole rings is 1. The fourth-order valence-electron chi connectivity index (χ4n) is 2.72. The second-order valence-electron chi connectivity index (χ2n) is 5.57. The fourth-order valence-corrected chi connectivity index (χ4v) is 2.72. The van der Waals surface area contributed by atoms with Crippen molar-refractivity contribution in [3.8, 4) is 0 Å². The highest BCUT2D eigenvalue weighted by atomic mass is 19.1. The number of para-hydroxylation sites is 2. The molecule has 0 unspecified atom stereocenters. The van der Waals surface area contributed by atoms with Gasteiger partial charge >= 0.3 is 0 Å². The second kappa shape index (κ2) is 6.29. The van der Waals surface area contributed by atoms with Crippen molar-refractivity contribution >= 4 is 22.9 Å². The average Bonchev–Trinajstić information content (AvgIpc) is 2.92. The lowest BCUT2D eigenvalue weighted by Crippen LogP contribution is -2.22. The summed E-state index contributed by atoms with van der Waals surface area (Å²) in [6, 6.07) is 12.1. The Balaban J connectivity index is 1.86. The quantitative estimate of drug-likeness (QED) is 0.570. The van der Waals surface area contributed by atoms with Gasteiger partial charge in [0.25, 0.3) is 5.91 Å². The first kappa shape index (κ1) is 15.9. The summed E-state index contributed by atoms with van der Waals surface area (Å²) in [6.07, 6.45) is 0. The molecule has 0 fully saturated rings. The molecule has 1 amide bonds. The number of aryl methyl sites for hydroxylation is 1. The Morgan fingerprint density at radius 3 is 2.75 bits per heavy atom. The largest absolute Gasteiger partial charge is 0.341 e. The zero-order valence-corrected chi connectivity index (χ0v) is 13.3. The molecule has 3 aromatic rings. The van der Waals surface area contributed by atoms with Gasteiger partial charge in [0.05, 0.1) is 16.6 Å². The minimum absolute atomic E-state index is 0.202. The molecule has 0 aliphatic rings. The number of aromatic nitrogens is 2. The van der Waals surface area contributed by atoms with Crippen LogP contribution in [0.4, 0.5) is 10.3 Å². The first-order valence-electron chi connectivity index (χ1n) is 7.36. The smallest absolute Gasteiger partial charge is 0.277 e. The van der Waals surface area contributed by atoms with Gasteiger partial charge in [-0.25, -0.2) is 14.9 Å². The van der Waals surface area contributed by atoms with E-state index >= 15 is 0 Å². The van der Waals surface area contributed by atoms with Gasteiger partial charge in [0, 0.05) is 20.6 Å². The summed E-state index contributed by atoms with van der Waals surface area (Å²) in [5.41, 5.74) is 3.82. The molecule has 124 valence electrons. The van der Waals surface area contributed by atoms with Crippen molar-refractivity contribution in [2.45, 2.75) is 6.54 Å². The molecule has 0 spiro atoms. The van der Waals surface area contributed by atoms with E-state index in [0.717, 1.165) is 17.0 Å². The van der Waals surface area contributed by atoms with Gasteiger partial charge in [0.2, 0.25) is 5.95 Å². The number of anilines is 1. The highest BCUT2D eigenvalue weighted by Gasteiger charge is 2.14. The Labute approximate surface area is 138 Å². The molecule has 7 heteroatoms. The van der Waals surface area contributed by atoms with Gasteiger partial charge in [0.15, 0.2) is 0 Å². The highest BCUT2D eigenvalue weighted by molar-refractivity contribution is 5.93. The molecule has 0 aliphatic carbocycles. The minimum Gasteiger partial charge on any atom is -0.341 e. The van der Waals surface area contributed by atoms with Crippen LogP contribution in [0.5, 0.6) is 0 Å². The van der Waals surface area contributed by atoms with Crippen molar-refractivity contribution in [3.05, 3.63) is 59.4 Å². The van der Waals surface area contributed by atoms with Crippen molar-refractivity contribution in [1.29, 1.82) is 0 Å². The maximum Gasteiger partial charge on any atom is 0.277 e. The van der Waals surface area contributed by atoms with Gasteiger partial charge in [-0.05, 0) is 29.8 Å². The molecule has 0 atom stereocenters. The molecule has 0 bridgehead atoms. The van der Waals surface area contributed by atoms with Crippen LogP contribution in [0.1, 0.15) is 15.9 Å². The number of rotatable bonds is 4. The van der Waals surface area contributed by atoms with Crippen LogP contribution < -0.4 is 10.4 Å². The van der Waals surface area contributed by atoms with Crippen LogP contribution in [0, 0.1) is 5.82 Å². The summed E-state index contributed by atoms with van der Waals surface area (Å²) in [5, 5.41) is 8.59. The van der Waals surface area contributed by atoms with Crippen LogP contribution in [0.15, 0.2) is 42.5 Å². The predicted octanol–water partition coefficient (Wildman–Crippen LogP) is 2.47. The molecular formula is C17H17FN4O2. The summed E-state index contributed by atoms with van der Waals surface area (Å²) in [5.74, 6) is -0.797. The maximum atomic E-state index is 14.0. The summed E-state index contributed by atoms with van der Waals surface area (Å²) < 4.78 is 15.9. The number of nitrogens with zero attached hydrogens (tertiary/aromatic N) is 3. The Bertz CT molecular complexity index is 907. The van der Waals surface area contributed by atoms with Crippen LogP contribution in [-0.4, -0.2) is 27.7 Å². The number of benzene rings is 2. The van der Waals surface area contributed by atoms with E-state index in [0.29, 0.717) is 12.1 Å². The van der Waals surface area contributed by atoms with Crippen molar-refractivity contribution in [2.24, 2.45) is 7.05 Å². The normalized spacial score (nSPS) is 10.8. The van der Waals surface area contributed by atoms with E-state index in [1.165, 1.54) is 17.6 Å². The third kappa shape index (κ3) is 2.81. The van der Waals surface area contributed by atoms with E-state index in [1.807, 2.05) is 47.8 Å². The second-order valence-corrected chi connectivity index (χ2v) is 5.57. The van der Waals surface area contributed by atoms with Gasteiger partial charge in [-0.15, -0.1) is 0 Å². The van der Waals surface area contributed by atoms with Crippen LogP contribution >= 0.6 is 0 Å². The Morgan fingerprint density at radius 1 is 1.33 bits per heavy atom. The van der Waals surface area contributed by atoms with Crippen molar-refractivity contribution in [1.82, 2.24) is 15.0 Å². The van der Waals surface area contributed by atoms with E-state index in [-0.39, 0.29) is 5.56 Å². The SMILES string of the molecule is CN(Cc1ccc(C(=O)NO)c(F)c1)c1nc2ccccc2n1C. The van der Waals surface area contributed by atoms with Crippen LogP contribution in [-0.2, 0) is 13.6 Å². The van der Waals surface area contributed by atoms with Gasteiger partial charge in [-0.3, -0.25) is 10.0 Å². The van der Waals surface area contributed by atoms with Crippen molar-refractivity contribution < 1.29 is 14.4 Å². The number of amides is 1. The third-order valence-corrected chi connectivity index (χ3v) is 3.90. The topological polar surface area (TPSA) is 70.4 Å². The van der Waals surface area contributed by atoms with Gasteiger partial charge < -0.3 is 9.47 Å². The zero-order chi connectivity index (χ0) is 17.3. The number of hydroxylamine groups is 1. The highest BCUT2D eigenvalue weighted by Crippen LogP contribution is 2.22. The number of hydrogen-bond donors (Lipinski definition) is 2. The van der Waals surface area contributed by atoms with Crippen LogP contribution in [0.3, 0.4) is 0 Å². The van der Waals surface area contributed by atoms with E-state index < -0.39 is 11.7 Å². The molecule has 2 aromatic carbocycles. The number of carbonyl (C=O) groups excluding carboxylic acids is 1. The van der Waals surface area contributed by atoms with E-state index in [9.17, 15) is 9.18 Å². The number of fused-ring (bicyclic) bond motifs is 1. The molecule has 0 saturated carbocycles. The first-order chi connectivity index (χ1) is 11.5. The Morgan fingerprint density at radius 2 is 2.08 bits per heavy atom. The minimum atomic E-state index is -0.872. The Hall–Kier alpha value is -2.93. The molecule has 1 heterocycles. The van der Waals surface area contributed by atoms with Crippen LogP contribution in [0.2, 0.25) is 0 Å². The summed E-state index contributed by atoms with van der Waals surface area (Å²) in [7, 11) is 3.80. The number of hydrogen-bond acceptors (Lipinski definition) is 4. The lowest BCUT2D eigenvalue weighted by atomic mass is 10.1. The molecule has 0 saturated heterocycles. The standard InChI is InChI=1S/C17H17FN4O2/c1-21(17-19-14-5-3-4-6-15(14)22(17)2)10-11-7-8-12(13(18)9-11)16(23)20-24/h3-9,24H,10H2,1-2H3,(H,20,23). The number of halogens is 1. The summed E-state index contributed by atoms with van der Waals surface area (Å²) >= 11 is 0. The lowest BCUT2D eigenvalue weighted by Gasteiger charge is -2.18. The molecule has 0 aliphatic heterocycles. The number of carbonyl (C=O) groups is 1. The van der Waals surface area contributed by atoms with E-state index in [4.69, 9.17) is 5.21 Å². The zero-order valence-electron chi connectivity index (χ0n) is 13.3. The lowest BCUT2D eigenvalue weighted by molar-refractivity contribution is 0.0702. The fraction of sp³-hybridized carbons (Fsp3) is 0.176. The molecule has 24 heavy (non-hydrogen) atoms. The van der Waals surface area contributed by atoms with Gasteiger partial charge in [-0.1, -0.05) is 18.2 Å². The van der Waals surface area contributed by atoms with Crippen LogP contribution in [0.25, 0.3) is 11.0 Å². The molecular weight excluding hydrogens is 311 g/mol. The van der Waals surface area contributed by atoms with Crippen molar-refractivity contribution in [3.63, 3.8) is 0 Å². The average molecular weight is 328 g/mol. The molecule has 6 nitrogen and oxygen atoms in total. The number of nitrogens with one attached hydrogen (secondary N) is 1. The monoisotopic (exact) mass is 328 g/mol. The third-order valence-electron chi connectivity index (χ3n) is 3.90. The van der Waals surface area contributed by atoms with Crippen molar-refractivity contribution in [2.75, 3.05) is 11.9 Å². The van der Waals surface area contributed by atoms with Gasteiger partial charge in [0.1, 0.15) is 5.82 Å².